The highest BCUT2D eigenvalue weighted by Crippen LogP contribution is 2.17. The van der Waals surface area contributed by atoms with Crippen LogP contribution in [0.15, 0.2) is 48.8 Å². The van der Waals surface area contributed by atoms with Gasteiger partial charge in [0.1, 0.15) is 5.75 Å². The fourth-order valence-corrected chi connectivity index (χ4v) is 2.07. The van der Waals surface area contributed by atoms with Crippen LogP contribution in [-0.2, 0) is 0 Å². The number of nitrogens with zero attached hydrogens (tertiary/aromatic N) is 1. The predicted octanol–water partition coefficient (Wildman–Crippen LogP) is 3.14. The summed E-state index contributed by atoms with van der Waals surface area (Å²) < 4.78 is 5.14. The summed E-state index contributed by atoms with van der Waals surface area (Å²) >= 11 is 5.29. The second-order valence-corrected chi connectivity index (χ2v) is 4.74. The normalized spacial score (nSPS) is 11.5. The van der Waals surface area contributed by atoms with Crippen molar-refractivity contribution in [3.8, 4) is 5.75 Å². The van der Waals surface area contributed by atoms with Crippen molar-refractivity contribution in [2.75, 3.05) is 12.4 Å². The highest BCUT2D eigenvalue weighted by molar-refractivity contribution is 7.80. The molecular formula is C15H17N3OS. The maximum atomic E-state index is 5.29. The molecule has 2 rings (SSSR count). The average Bonchev–Trinajstić information content (AvgIpc) is 2.48. The van der Waals surface area contributed by atoms with Gasteiger partial charge >= 0.3 is 0 Å². The Bertz CT molecular complexity index is 557. The van der Waals surface area contributed by atoms with Gasteiger partial charge in [-0.2, -0.15) is 0 Å². The summed E-state index contributed by atoms with van der Waals surface area (Å²) in [5, 5.41) is 6.90. The first kappa shape index (κ1) is 14.3. The zero-order valence-electron chi connectivity index (χ0n) is 11.5. The minimum absolute atomic E-state index is 0.109. The van der Waals surface area contributed by atoms with Crippen LogP contribution in [0.5, 0.6) is 5.75 Å². The van der Waals surface area contributed by atoms with Crippen molar-refractivity contribution in [3.05, 3.63) is 54.4 Å². The van der Waals surface area contributed by atoms with Crippen molar-refractivity contribution >= 4 is 23.0 Å². The van der Waals surface area contributed by atoms with Gasteiger partial charge in [-0.15, -0.1) is 0 Å². The lowest BCUT2D eigenvalue weighted by molar-refractivity contribution is 0.414. The molecule has 0 radical (unpaired) electrons. The lowest BCUT2D eigenvalue weighted by atomic mass is 10.1. The molecule has 0 aliphatic heterocycles. The Morgan fingerprint density at radius 3 is 2.60 bits per heavy atom. The van der Waals surface area contributed by atoms with Crippen molar-refractivity contribution in [2.45, 2.75) is 13.0 Å². The van der Waals surface area contributed by atoms with E-state index in [4.69, 9.17) is 17.0 Å². The van der Waals surface area contributed by atoms with Gasteiger partial charge in [0.25, 0.3) is 0 Å². The van der Waals surface area contributed by atoms with E-state index in [0.717, 1.165) is 17.0 Å². The largest absolute Gasteiger partial charge is 0.497 e. The van der Waals surface area contributed by atoms with Crippen molar-refractivity contribution in [1.82, 2.24) is 10.3 Å². The van der Waals surface area contributed by atoms with Crippen LogP contribution in [0, 0.1) is 0 Å². The van der Waals surface area contributed by atoms with Gasteiger partial charge in [-0.1, -0.05) is 12.1 Å². The second kappa shape index (κ2) is 6.86. The van der Waals surface area contributed by atoms with Crippen LogP contribution in [0.2, 0.25) is 0 Å². The van der Waals surface area contributed by atoms with E-state index in [0.29, 0.717) is 5.11 Å². The Kier molecular flexibility index (Phi) is 4.90. The van der Waals surface area contributed by atoms with E-state index in [-0.39, 0.29) is 6.04 Å². The minimum atomic E-state index is 0.109. The summed E-state index contributed by atoms with van der Waals surface area (Å²) in [4.78, 5) is 4.03. The molecule has 1 aromatic heterocycles. The average molecular weight is 287 g/mol. The number of anilines is 1. The van der Waals surface area contributed by atoms with E-state index in [9.17, 15) is 0 Å². The maximum Gasteiger partial charge on any atom is 0.171 e. The van der Waals surface area contributed by atoms with E-state index in [1.165, 1.54) is 0 Å². The van der Waals surface area contributed by atoms with Crippen LogP contribution in [0.4, 0.5) is 5.69 Å². The summed E-state index contributed by atoms with van der Waals surface area (Å²) in [6.45, 7) is 2.05. The van der Waals surface area contributed by atoms with E-state index in [1.807, 2.05) is 36.4 Å². The van der Waals surface area contributed by atoms with E-state index in [1.54, 1.807) is 19.5 Å². The molecule has 0 aliphatic carbocycles. The van der Waals surface area contributed by atoms with Gasteiger partial charge in [-0.3, -0.25) is 4.98 Å². The second-order valence-electron chi connectivity index (χ2n) is 4.34. The number of nitrogens with one attached hydrogen (secondary N) is 2. The fraction of sp³-hybridized carbons (Fsp3) is 0.200. The third-order valence-electron chi connectivity index (χ3n) is 2.88. The molecule has 0 aliphatic rings. The van der Waals surface area contributed by atoms with Gasteiger partial charge < -0.3 is 15.4 Å². The molecule has 0 bridgehead atoms. The Morgan fingerprint density at radius 1 is 1.25 bits per heavy atom. The fourth-order valence-electron chi connectivity index (χ4n) is 1.78. The number of pyridine rings is 1. The standard InChI is InChI=1S/C15H17N3OS/c1-11(12-5-7-14(19-2)8-6-12)17-15(20)18-13-4-3-9-16-10-13/h3-11H,1-2H3,(H2,17,18,20)/t11-/m1/s1. The zero-order chi connectivity index (χ0) is 14.4. The van der Waals surface area contributed by atoms with Crippen LogP contribution >= 0.6 is 12.2 Å². The van der Waals surface area contributed by atoms with Crippen LogP contribution in [0.25, 0.3) is 0 Å². The molecule has 4 nitrogen and oxygen atoms in total. The summed E-state index contributed by atoms with van der Waals surface area (Å²) in [6.07, 6.45) is 3.45. The van der Waals surface area contributed by atoms with Gasteiger partial charge in [0, 0.05) is 6.20 Å². The van der Waals surface area contributed by atoms with E-state index in [2.05, 4.69) is 22.5 Å². The number of hydrogen-bond donors (Lipinski definition) is 2. The molecule has 1 aromatic carbocycles. The number of ether oxygens (including phenoxy) is 1. The number of hydrogen-bond acceptors (Lipinski definition) is 3. The molecule has 0 saturated carbocycles. The van der Waals surface area contributed by atoms with Crippen molar-refractivity contribution in [2.24, 2.45) is 0 Å². The van der Waals surface area contributed by atoms with E-state index >= 15 is 0 Å². The van der Waals surface area contributed by atoms with Crippen molar-refractivity contribution in [1.29, 1.82) is 0 Å². The topological polar surface area (TPSA) is 46.2 Å². The van der Waals surface area contributed by atoms with Gasteiger partial charge in [0.2, 0.25) is 0 Å². The lowest BCUT2D eigenvalue weighted by Crippen LogP contribution is -2.30. The number of rotatable bonds is 4. The first-order chi connectivity index (χ1) is 9.69. The molecule has 0 unspecified atom stereocenters. The Labute approximate surface area is 124 Å². The minimum Gasteiger partial charge on any atom is -0.497 e. The molecule has 1 heterocycles. The van der Waals surface area contributed by atoms with Crippen LogP contribution < -0.4 is 15.4 Å². The van der Waals surface area contributed by atoms with Crippen LogP contribution in [0.1, 0.15) is 18.5 Å². The molecule has 104 valence electrons. The number of methoxy groups -OCH3 is 1. The summed E-state index contributed by atoms with van der Waals surface area (Å²) in [5.41, 5.74) is 2.01. The first-order valence-corrected chi connectivity index (χ1v) is 6.71. The van der Waals surface area contributed by atoms with Gasteiger partial charge in [-0.05, 0) is 49.0 Å². The highest BCUT2D eigenvalue weighted by atomic mass is 32.1. The highest BCUT2D eigenvalue weighted by Gasteiger charge is 2.07. The molecule has 2 aromatic rings. The smallest absolute Gasteiger partial charge is 0.171 e. The third-order valence-corrected chi connectivity index (χ3v) is 3.10. The molecule has 0 saturated heterocycles. The Hall–Kier alpha value is -2.14. The molecule has 0 amide bonds. The number of aromatic nitrogens is 1. The first-order valence-electron chi connectivity index (χ1n) is 6.30. The molecular weight excluding hydrogens is 270 g/mol. The zero-order valence-corrected chi connectivity index (χ0v) is 12.3. The lowest BCUT2D eigenvalue weighted by Gasteiger charge is -2.17. The van der Waals surface area contributed by atoms with E-state index < -0.39 is 0 Å². The third kappa shape index (κ3) is 3.93. The number of benzene rings is 1. The van der Waals surface area contributed by atoms with Crippen LogP contribution in [-0.4, -0.2) is 17.2 Å². The van der Waals surface area contributed by atoms with Gasteiger partial charge in [0.15, 0.2) is 5.11 Å². The quantitative estimate of drug-likeness (QED) is 0.846. The molecule has 20 heavy (non-hydrogen) atoms. The molecule has 5 heteroatoms. The number of thiocarbonyl (C=S) groups is 1. The molecule has 0 fully saturated rings. The van der Waals surface area contributed by atoms with Gasteiger partial charge in [0.05, 0.1) is 25.0 Å². The van der Waals surface area contributed by atoms with Crippen LogP contribution in [0.3, 0.4) is 0 Å². The Balaban J connectivity index is 1.93. The monoisotopic (exact) mass is 287 g/mol. The van der Waals surface area contributed by atoms with Crippen molar-refractivity contribution < 1.29 is 4.74 Å². The molecule has 2 N–H and O–H groups in total. The summed E-state index contributed by atoms with van der Waals surface area (Å²) in [5.74, 6) is 0.844. The SMILES string of the molecule is COc1ccc([C@@H](C)NC(=S)Nc2cccnc2)cc1. The maximum absolute atomic E-state index is 5.29. The summed E-state index contributed by atoms with van der Waals surface area (Å²) in [6, 6.07) is 11.8. The van der Waals surface area contributed by atoms with Crippen molar-refractivity contribution in [3.63, 3.8) is 0 Å². The summed E-state index contributed by atoms with van der Waals surface area (Å²) in [7, 11) is 1.66. The van der Waals surface area contributed by atoms with Gasteiger partial charge in [-0.25, -0.2) is 0 Å². The molecule has 0 spiro atoms. The molecule has 1 atom stereocenters. The predicted molar refractivity (Wildman–Crippen MR) is 85.0 cm³/mol. The Morgan fingerprint density at radius 2 is 2.00 bits per heavy atom.